The third-order valence-corrected chi connectivity index (χ3v) is 4.21. The number of nitrogens with zero attached hydrogens (tertiary/aromatic N) is 3. The van der Waals surface area contributed by atoms with Gasteiger partial charge in [-0.15, -0.1) is 0 Å². The Morgan fingerprint density at radius 2 is 1.89 bits per heavy atom. The first-order chi connectivity index (χ1) is 13.6. The summed E-state index contributed by atoms with van der Waals surface area (Å²) in [6, 6.07) is 19.6. The van der Waals surface area contributed by atoms with Gasteiger partial charge in [-0.2, -0.15) is 5.10 Å². The van der Waals surface area contributed by atoms with Crippen molar-refractivity contribution in [2.45, 2.75) is 6.92 Å². The first-order valence-corrected chi connectivity index (χ1v) is 8.60. The van der Waals surface area contributed by atoms with Gasteiger partial charge in [0.05, 0.1) is 22.3 Å². The third kappa shape index (κ3) is 3.59. The number of para-hydroxylation sites is 1. The van der Waals surface area contributed by atoms with Crippen molar-refractivity contribution in [2.75, 3.05) is 5.43 Å². The average Bonchev–Trinajstić information content (AvgIpc) is 3.17. The Kier molecular flexibility index (Phi) is 4.55. The van der Waals surface area contributed by atoms with Crippen LogP contribution in [-0.2, 0) is 0 Å². The van der Waals surface area contributed by atoms with Crippen molar-refractivity contribution in [2.24, 2.45) is 5.10 Å². The number of aryl methyl sites for hydroxylation is 1. The number of fused-ring (bicyclic) bond motifs is 1. The summed E-state index contributed by atoms with van der Waals surface area (Å²) in [6.45, 7) is 1.93. The van der Waals surface area contributed by atoms with Gasteiger partial charge < -0.3 is 4.42 Å². The van der Waals surface area contributed by atoms with E-state index in [2.05, 4.69) is 15.5 Å². The molecule has 0 radical (unpaired) electrons. The van der Waals surface area contributed by atoms with Gasteiger partial charge in [-0.05, 0) is 43.3 Å². The van der Waals surface area contributed by atoms with Crippen molar-refractivity contribution in [3.8, 4) is 11.3 Å². The van der Waals surface area contributed by atoms with E-state index in [9.17, 15) is 10.1 Å². The monoisotopic (exact) mass is 372 g/mol. The van der Waals surface area contributed by atoms with E-state index in [-0.39, 0.29) is 5.69 Å². The van der Waals surface area contributed by atoms with E-state index < -0.39 is 4.92 Å². The molecular weight excluding hydrogens is 356 g/mol. The van der Waals surface area contributed by atoms with Crippen LogP contribution in [0.1, 0.15) is 11.5 Å². The smallest absolute Gasteiger partial charge is 0.269 e. The Morgan fingerprint density at radius 1 is 1.11 bits per heavy atom. The summed E-state index contributed by atoms with van der Waals surface area (Å²) >= 11 is 0. The van der Waals surface area contributed by atoms with Crippen molar-refractivity contribution in [3.63, 3.8) is 0 Å². The lowest BCUT2D eigenvalue weighted by Crippen LogP contribution is -1.94. The van der Waals surface area contributed by atoms with Crippen LogP contribution in [0.15, 0.2) is 76.2 Å². The molecule has 7 nitrogen and oxygen atoms in total. The van der Waals surface area contributed by atoms with E-state index in [1.807, 2.05) is 37.3 Å². The van der Waals surface area contributed by atoms with Crippen LogP contribution in [0.25, 0.3) is 22.2 Å². The van der Waals surface area contributed by atoms with Gasteiger partial charge in [-0.25, -0.2) is 0 Å². The second-order valence-electron chi connectivity index (χ2n) is 6.20. The molecule has 0 saturated carbocycles. The standard InChI is InChI=1S/C21H16N4O3/c1-14-12-20(18-4-2-3-5-19(18)23-14)24-22-13-17-10-11-21(28-17)15-6-8-16(9-7-15)25(26)27/h2-13H,1H3,(H,23,24)/b22-13+. The van der Waals surface area contributed by atoms with Gasteiger partial charge in [-0.3, -0.25) is 20.5 Å². The van der Waals surface area contributed by atoms with E-state index >= 15 is 0 Å². The maximum Gasteiger partial charge on any atom is 0.269 e. The normalized spacial score (nSPS) is 11.2. The van der Waals surface area contributed by atoms with Gasteiger partial charge in [0.25, 0.3) is 5.69 Å². The lowest BCUT2D eigenvalue weighted by atomic mass is 10.1. The molecule has 138 valence electrons. The highest BCUT2D eigenvalue weighted by Gasteiger charge is 2.08. The SMILES string of the molecule is Cc1cc(N/N=C/c2ccc(-c3ccc([N+](=O)[O-])cc3)o2)c2ccccc2n1. The number of non-ortho nitro benzene ring substituents is 1. The van der Waals surface area contributed by atoms with Crippen molar-refractivity contribution >= 4 is 28.5 Å². The molecule has 7 heteroatoms. The number of nitro benzene ring substituents is 1. The zero-order valence-electron chi connectivity index (χ0n) is 15.0. The molecule has 4 rings (SSSR count). The molecule has 0 saturated heterocycles. The summed E-state index contributed by atoms with van der Waals surface area (Å²) in [5.74, 6) is 1.18. The molecule has 2 aromatic carbocycles. The molecule has 0 atom stereocenters. The molecule has 0 unspecified atom stereocenters. The first-order valence-electron chi connectivity index (χ1n) is 8.60. The van der Waals surface area contributed by atoms with Crippen LogP contribution in [0, 0.1) is 17.0 Å². The molecule has 0 amide bonds. The van der Waals surface area contributed by atoms with Crippen LogP contribution < -0.4 is 5.43 Å². The highest BCUT2D eigenvalue weighted by Crippen LogP contribution is 2.25. The highest BCUT2D eigenvalue weighted by atomic mass is 16.6. The largest absolute Gasteiger partial charge is 0.455 e. The quantitative estimate of drug-likeness (QED) is 0.297. The number of aromatic nitrogens is 1. The predicted molar refractivity (Wildman–Crippen MR) is 108 cm³/mol. The zero-order chi connectivity index (χ0) is 19.5. The van der Waals surface area contributed by atoms with Crippen LogP contribution in [0.2, 0.25) is 0 Å². The molecule has 2 heterocycles. The summed E-state index contributed by atoms with van der Waals surface area (Å²) in [7, 11) is 0. The summed E-state index contributed by atoms with van der Waals surface area (Å²) in [4.78, 5) is 14.8. The number of nitro groups is 1. The van der Waals surface area contributed by atoms with Gasteiger partial charge in [-0.1, -0.05) is 18.2 Å². The van der Waals surface area contributed by atoms with E-state index in [0.717, 1.165) is 27.8 Å². The van der Waals surface area contributed by atoms with Crippen LogP contribution in [0.3, 0.4) is 0 Å². The number of furan rings is 1. The summed E-state index contributed by atoms with van der Waals surface area (Å²) < 4.78 is 5.75. The number of anilines is 1. The summed E-state index contributed by atoms with van der Waals surface area (Å²) in [5.41, 5.74) is 6.50. The number of hydrogen-bond acceptors (Lipinski definition) is 6. The van der Waals surface area contributed by atoms with E-state index in [1.165, 1.54) is 12.1 Å². The molecule has 0 aliphatic carbocycles. The zero-order valence-corrected chi connectivity index (χ0v) is 15.0. The predicted octanol–water partition coefficient (Wildman–Crippen LogP) is 5.16. The average molecular weight is 372 g/mol. The van der Waals surface area contributed by atoms with Gasteiger partial charge in [0.2, 0.25) is 0 Å². The second kappa shape index (κ2) is 7.32. The Hall–Kier alpha value is -4.00. The van der Waals surface area contributed by atoms with Gasteiger partial charge in [0, 0.05) is 28.8 Å². The fourth-order valence-electron chi connectivity index (χ4n) is 2.89. The number of hydrogen-bond donors (Lipinski definition) is 1. The molecular formula is C21H16N4O3. The van der Waals surface area contributed by atoms with Crippen molar-refractivity contribution in [1.29, 1.82) is 0 Å². The number of nitrogens with one attached hydrogen (secondary N) is 1. The first kappa shape index (κ1) is 17.4. The summed E-state index contributed by atoms with van der Waals surface area (Å²) in [6.07, 6.45) is 1.58. The number of benzene rings is 2. The fourth-order valence-corrected chi connectivity index (χ4v) is 2.89. The Labute approximate surface area is 160 Å². The molecule has 1 N–H and O–H groups in total. The van der Waals surface area contributed by atoms with Gasteiger partial charge in [0.15, 0.2) is 0 Å². The van der Waals surface area contributed by atoms with Crippen molar-refractivity contribution < 1.29 is 9.34 Å². The molecule has 0 spiro atoms. The minimum atomic E-state index is -0.430. The van der Waals surface area contributed by atoms with Crippen molar-refractivity contribution in [1.82, 2.24) is 4.98 Å². The maximum absolute atomic E-state index is 10.7. The van der Waals surface area contributed by atoms with Gasteiger partial charge in [0.1, 0.15) is 11.5 Å². The second-order valence-corrected chi connectivity index (χ2v) is 6.20. The lowest BCUT2D eigenvalue weighted by molar-refractivity contribution is -0.384. The van der Waals surface area contributed by atoms with E-state index in [0.29, 0.717) is 11.5 Å². The Morgan fingerprint density at radius 3 is 2.68 bits per heavy atom. The minimum Gasteiger partial charge on any atom is -0.455 e. The maximum atomic E-state index is 10.7. The van der Waals surface area contributed by atoms with E-state index in [4.69, 9.17) is 4.42 Å². The van der Waals surface area contributed by atoms with Crippen LogP contribution in [0.5, 0.6) is 0 Å². The number of rotatable bonds is 5. The Balaban J connectivity index is 1.51. The molecule has 0 fully saturated rings. The lowest BCUT2D eigenvalue weighted by Gasteiger charge is -2.06. The fraction of sp³-hybridized carbons (Fsp3) is 0.0476. The topological polar surface area (TPSA) is 93.6 Å². The third-order valence-electron chi connectivity index (χ3n) is 4.21. The minimum absolute atomic E-state index is 0.0427. The molecule has 0 bridgehead atoms. The molecule has 4 aromatic rings. The van der Waals surface area contributed by atoms with Crippen LogP contribution in [-0.4, -0.2) is 16.1 Å². The number of pyridine rings is 1. The number of hydrazone groups is 1. The van der Waals surface area contributed by atoms with Gasteiger partial charge >= 0.3 is 0 Å². The Bertz CT molecular complexity index is 1180. The highest BCUT2D eigenvalue weighted by molar-refractivity contribution is 5.91. The van der Waals surface area contributed by atoms with E-state index in [1.54, 1.807) is 30.5 Å². The summed E-state index contributed by atoms with van der Waals surface area (Å²) in [5, 5.41) is 16.0. The molecule has 0 aliphatic heterocycles. The van der Waals surface area contributed by atoms with Crippen LogP contribution >= 0.6 is 0 Å². The van der Waals surface area contributed by atoms with Crippen LogP contribution in [0.4, 0.5) is 11.4 Å². The molecule has 2 aromatic heterocycles. The molecule has 28 heavy (non-hydrogen) atoms. The van der Waals surface area contributed by atoms with Crippen molar-refractivity contribution in [3.05, 3.63) is 88.3 Å². The molecule has 0 aliphatic rings.